The Labute approximate surface area is 273 Å². The zero-order valence-corrected chi connectivity index (χ0v) is 30.1. The van der Waals surface area contributed by atoms with Crippen molar-refractivity contribution >= 4 is 18.9 Å². The number of carbonyl (C=O) groups is 1. The Bertz CT molecular complexity index is 1240. The number of carbonyl (C=O) groups excluding carboxylic acids is 1. The van der Waals surface area contributed by atoms with Crippen molar-refractivity contribution in [2.45, 2.75) is 124 Å². The predicted molar refractivity (Wildman–Crippen MR) is 192 cm³/mol. The van der Waals surface area contributed by atoms with E-state index in [-0.39, 0.29) is 22.0 Å². The van der Waals surface area contributed by atoms with E-state index in [1.165, 1.54) is 11.6 Å². The van der Waals surface area contributed by atoms with Crippen molar-refractivity contribution in [3.63, 3.8) is 0 Å². The van der Waals surface area contributed by atoms with Gasteiger partial charge in [-0.25, -0.2) is 0 Å². The van der Waals surface area contributed by atoms with E-state index in [0.29, 0.717) is 35.1 Å². The Morgan fingerprint density at radius 2 is 1.38 bits per heavy atom. The monoisotopic (exact) mass is 623 g/mol. The van der Waals surface area contributed by atoms with Crippen molar-refractivity contribution in [1.82, 2.24) is 5.32 Å². The molecule has 4 N–H and O–H groups in total. The minimum Gasteiger partial charge on any atom is -0.507 e. The summed E-state index contributed by atoms with van der Waals surface area (Å²) in [4.78, 5) is 15.1. The van der Waals surface area contributed by atoms with Crippen LogP contribution in [0.2, 0.25) is 0 Å². The van der Waals surface area contributed by atoms with Crippen LogP contribution in [0.15, 0.2) is 41.9 Å². The number of hydrogen-bond donors (Lipinski definition) is 4. The van der Waals surface area contributed by atoms with Gasteiger partial charge in [-0.05, 0) is 59.9 Å². The standard InChI is InChI=1S/C22H37NO.C12H15NO3.C4H9N/c1-9-11-18(12-10-2)23-15-16-13-17(21(3,4)5)14-19(20(16)24)22(6,7)8;1-12(2,3)10-5-9(16-7-14)4-8(6-13)11(10)15;1-3-4-5-2/h13-15,18,24H,9-12H2,1-8H3;4-7,13,15H,1-3H3;3,5H,1,4H2,2H3. The average molecular weight is 624 g/mol. The van der Waals surface area contributed by atoms with Crippen molar-refractivity contribution in [1.29, 1.82) is 5.41 Å². The number of likely N-dealkylation sites (N-methyl/N-ethyl adjacent to an activating group) is 1. The SMILES string of the molecule is C=CCNC.CC(C)(C)c1cc(OC=O)cc(C=N)c1O.CCCC(CCC)N=Cc1cc(C(C)(C)C)cc(C(C)(C)C)c1O. The first-order valence-electron chi connectivity index (χ1n) is 16.0. The zero-order valence-electron chi connectivity index (χ0n) is 30.1. The second kappa shape index (κ2) is 19.2. The van der Waals surface area contributed by atoms with E-state index in [1.54, 1.807) is 6.07 Å². The minimum atomic E-state index is -0.288. The summed E-state index contributed by atoms with van der Waals surface area (Å²) in [5, 5.41) is 30.8. The molecular formula is C38H61N3O4. The highest BCUT2D eigenvalue weighted by Crippen LogP contribution is 2.38. The molecule has 0 unspecified atom stereocenters. The molecule has 0 spiro atoms. The number of hydrogen-bond acceptors (Lipinski definition) is 7. The molecule has 0 radical (unpaired) electrons. The molecule has 0 amide bonds. The summed E-state index contributed by atoms with van der Waals surface area (Å²) in [5.74, 6) is 0.767. The largest absolute Gasteiger partial charge is 0.507 e. The molecule has 0 atom stereocenters. The van der Waals surface area contributed by atoms with Crippen LogP contribution in [0, 0.1) is 5.41 Å². The van der Waals surface area contributed by atoms with Crippen molar-refractivity contribution in [3.05, 3.63) is 64.7 Å². The maximum absolute atomic E-state index is 10.8. The highest BCUT2D eigenvalue weighted by atomic mass is 16.5. The molecule has 0 aliphatic carbocycles. The summed E-state index contributed by atoms with van der Waals surface area (Å²) < 4.78 is 4.74. The molecule has 0 saturated heterocycles. The van der Waals surface area contributed by atoms with Gasteiger partial charge in [-0.3, -0.25) is 9.79 Å². The van der Waals surface area contributed by atoms with Crippen LogP contribution in [-0.2, 0) is 21.0 Å². The van der Waals surface area contributed by atoms with Crippen LogP contribution in [0.4, 0.5) is 0 Å². The lowest BCUT2D eigenvalue weighted by atomic mass is 9.79. The summed E-state index contributed by atoms with van der Waals surface area (Å²) in [6.07, 6.45) is 9.25. The first-order chi connectivity index (χ1) is 20.8. The summed E-state index contributed by atoms with van der Waals surface area (Å²) in [6.45, 7) is 28.0. The van der Waals surface area contributed by atoms with Crippen molar-refractivity contribution < 1.29 is 19.7 Å². The molecule has 0 bridgehead atoms. The van der Waals surface area contributed by atoms with Gasteiger partial charge in [0.05, 0.1) is 0 Å². The van der Waals surface area contributed by atoms with E-state index >= 15 is 0 Å². The highest BCUT2D eigenvalue weighted by Gasteiger charge is 2.25. The number of nitrogens with one attached hydrogen (secondary N) is 2. The van der Waals surface area contributed by atoms with Gasteiger partial charge in [0.2, 0.25) is 0 Å². The van der Waals surface area contributed by atoms with Gasteiger partial charge in [0.1, 0.15) is 17.2 Å². The van der Waals surface area contributed by atoms with Gasteiger partial charge in [-0.1, -0.05) is 101 Å². The number of aliphatic imine (C=N–C) groups is 1. The van der Waals surface area contributed by atoms with E-state index in [2.05, 4.69) is 79.4 Å². The zero-order chi connectivity index (χ0) is 35.0. The summed E-state index contributed by atoms with van der Waals surface area (Å²) in [6, 6.07) is 7.67. The first kappa shape index (κ1) is 41.5. The average Bonchev–Trinajstić information content (AvgIpc) is 2.93. The van der Waals surface area contributed by atoms with E-state index in [4.69, 9.17) is 15.1 Å². The molecule has 0 heterocycles. The molecule has 7 nitrogen and oxygen atoms in total. The maximum atomic E-state index is 10.8. The number of phenols is 2. The van der Waals surface area contributed by atoms with E-state index in [9.17, 15) is 15.0 Å². The van der Waals surface area contributed by atoms with E-state index in [1.807, 2.05) is 40.1 Å². The van der Waals surface area contributed by atoms with Gasteiger partial charge in [-0.15, -0.1) is 6.58 Å². The smallest absolute Gasteiger partial charge is 0.298 e. The quantitative estimate of drug-likeness (QED) is 0.113. The molecule has 252 valence electrons. The maximum Gasteiger partial charge on any atom is 0.298 e. The molecule has 0 aliphatic heterocycles. The molecular weight excluding hydrogens is 562 g/mol. The molecule has 0 fully saturated rings. The third-order valence-electron chi connectivity index (χ3n) is 7.09. The van der Waals surface area contributed by atoms with Crippen LogP contribution in [0.25, 0.3) is 0 Å². The lowest BCUT2D eigenvalue weighted by Gasteiger charge is -2.27. The fourth-order valence-corrected chi connectivity index (χ4v) is 4.48. The molecule has 2 rings (SSSR count). The van der Waals surface area contributed by atoms with Crippen molar-refractivity contribution in [3.8, 4) is 17.2 Å². The molecule has 2 aromatic carbocycles. The van der Waals surface area contributed by atoms with Crippen LogP contribution in [0.5, 0.6) is 17.2 Å². The van der Waals surface area contributed by atoms with Crippen LogP contribution < -0.4 is 10.1 Å². The van der Waals surface area contributed by atoms with Gasteiger partial charge in [0, 0.05) is 47.3 Å². The molecule has 7 heteroatoms. The lowest BCUT2D eigenvalue weighted by molar-refractivity contribution is -0.120. The predicted octanol–water partition coefficient (Wildman–Crippen LogP) is 8.99. The molecule has 2 aromatic rings. The molecule has 0 saturated carbocycles. The first-order valence-corrected chi connectivity index (χ1v) is 16.0. The van der Waals surface area contributed by atoms with E-state index in [0.717, 1.165) is 49.6 Å². The Kier molecular flexibility index (Phi) is 17.7. The van der Waals surface area contributed by atoms with E-state index < -0.39 is 0 Å². The number of ether oxygens (including phenoxy) is 1. The fourth-order valence-electron chi connectivity index (χ4n) is 4.48. The van der Waals surface area contributed by atoms with Gasteiger partial charge in [-0.2, -0.15) is 0 Å². The van der Waals surface area contributed by atoms with Gasteiger partial charge >= 0.3 is 0 Å². The lowest BCUT2D eigenvalue weighted by Crippen LogP contribution is -2.17. The highest BCUT2D eigenvalue weighted by molar-refractivity contribution is 5.85. The summed E-state index contributed by atoms with van der Waals surface area (Å²) in [5.41, 5.74) is 3.74. The Hall–Kier alpha value is -3.45. The Morgan fingerprint density at radius 1 is 0.867 bits per heavy atom. The number of phenolic OH excluding ortho intramolecular Hbond substituents is 2. The number of rotatable bonds is 11. The van der Waals surface area contributed by atoms with Gasteiger partial charge in [0.25, 0.3) is 6.47 Å². The normalized spacial score (nSPS) is 11.8. The number of benzene rings is 2. The van der Waals surface area contributed by atoms with Crippen molar-refractivity contribution in [2.24, 2.45) is 4.99 Å². The van der Waals surface area contributed by atoms with Gasteiger partial charge < -0.3 is 25.7 Å². The minimum absolute atomic E-state index is 0.0442. The second-order valence-corrected chi connectivity index (χ2v) is 14.3. The van der Waals surface area contributed by atoms with Crippen LogP contribution in [0.3, 0.4) is 0 Å². The van der Waals surface area contributed by atoms with Crippen LogP contribution in [0.1, 0.15) is 130 Å². The van der Waals surface area contributed by atoms with Crippen molar-refractivity contribution in [2.75, 3.05) is 13.6 Å². The Balaban J connectivity index is 0.000000790. The van der Waals surface area contributed by atoms with Crippen LogP contribution >= 0.6 is 0 Å². The number of nitrogens with zero attached hydrogens (tertiary/aromatic N) is 1. The van der Waals surface area contributed by atoms with Crippen LogP contribution in [-0.4, -0.2) is 48.7 Å². The topological polar surface area (TPSA) is 115 Å². The third kappa shape index (κ3) is 14.5. The molecule has 0 aromatic heterocycles. The number of aromatic hydroxyl groups is 2. The summed E-state index contributed by atoms with van der Waals surface area (Å²) in [7, 11) is 1.89. The Morgan fingerprint density at radius 3 is 1.76 bits per heavy atom. The molecule has 0 aliphatic rings. The third-order valence-corrected chi connectivity index (χ3v) is 7.09. The fraction of sp³-hybridized carbons (Fsp3) is 0.553. The van der Waals surface area contributed by atoms with Gasteiger partial charge in [0.15, 0.2) is 0 Å². The second-order valence-electron chi connectivity index (χ2n) is 14.3. The molecule has 45 heavy (non-hydrogen) atoms. The summed E-state index contributed by atoms with van der Waals surface area (Å²) >= 11 is 0.